The van der Waals surface area contributed by atoms with Gasteiger partial charge in [-0.25, -0.2) is 0 Å². The molecule has 0 aliphatic carbocycles. The maximum Gasteiger partial charge on any atom is 0.122 e. The first-order valence-corrected chi connectivity index (χ1v) is 5.25. The van der Waals surface area contributed by atoms with Crippen molar-refractivity contribution in [2.24, 2.45) is 5.73 Å². The lowest BCUT2D eigenvalue weighted by atomic mass is 10.1. The smallest absolute Gasteiger partial charge is 0.122 e. The summed E-state index contributed by atoms with van der Waals surface area (Å²) in [5.41, 5.74) is 7.98. The third kappa shape index (κ3) is 3.53. The van der Waals surface area contributed by atoms with Crippen LogP contribution in [-0.2, 0) is 0 Å². The van der Waals surface area contributed by atoms with Gasteiger partial charge in [0.2, 0.25) is 0 Å². The van der Waals surface area contributed by atoms with Crippen molar-refractivity contribution >= 4 is 0 Å². The van der Waals surface area contributed by atoms with Crippen molar-refractivity contribution in [1.29, 1.82) is 0 Å². The Morgan fingerprint density at radius 1 is 1.47 bits per heavy atom. The van der Waals surface area contributed by atoms with Gasteiger partial charge in [0.15, 0.2) is 0 Å². The molecule has 15 heavy (non-hydrogen) atoms. The molecule has 84 valence electrons. The lowest BCUT2D eigenvalue weighted by molar-refractivity contribution is 0.233. The summed E-state index contributed by atoms with van der Waals surface area (Å²) in [6.07, 6.45) is 0.661. The molecule has 0 aliphatic rings. The van der Waals surface area contributed by atoms with E-state index >= 15 is 0 Å². The average molecular weight is 209 g/mol. The number of rotatable bonds is 5. The van der Waals surface area contributed by atoms with Gasteiger partial charge in [-0.15, -0.1) is 0 Å². The number of aliphatic hydroxyl groups is 1. The highest BCUT2D eigenvalue weighted by Crippen LogP contribution is 2.21. The molecule has 0 saturated carbocycles. The Morgan fingerprint density at radius 2 is 2.20 bits per heavy atom. The number of ether oxygens (including phenoxy) is 1. The Balaban J connectivity index is 2.66. The second-order valence-corrected chi connectivity index (χ2v) is 3.74. The lowest BCUT2D eigenvalue weighted by Crippen LogP contribution is -2.06. The number of hydrogen-bond donors (Lipinski definition) is 2. The van der Waals surface area contributed by atoms with Gasteiger partial charge in [0.25, 0.3) is 0 Å². The van der Waals surface area contributed by atoms with E-state index in [1.165, 1.54) is 0 Å². The Hall–Kier alpha value is -1.06. The molecule has 0 unspecified atom stereocenters. The second kappa shape index (κ2) is 5.73. The fraction of sp³-hybridized carbons (Fsp3) is 0.500. The predicted octanol–water partition coefficient (Wildman–Crippen LogP) is 1.78. The van der Waals surface area contributed by atoms with Crippen LogP contribution in [0.5, 0.6) is 5.75 Å². The molecule has 0 bridgehead atoms. The third-order valence-electron chi connectivity index (χ3n) is 2.28. The van der Waals surface area contributed by atoms with E-state index < -0.39 is 0 Å². The summed E-state index contributed by atoms with van der Waals surface area (Å²) >= 11 is 0. The first kappa shape index (κ1) is 12.0. The molecule has 3 heteroatoms. The monoisotopic (exact) mass is 209 g/mol. The third-order valence-corrected chi connectivity index (χ3v) is 2.28. The highest BCUT2D eigenvalue weighted by molar-refractivity contribution is 5.37. The van der Waals surface area contributed by atoms with Crippen LogP contribution in [0.2, 0.25) is 0 Å². The summed E-state index contributed by atoms with van der Waals surface area (Å²) in [7, 11) is 0. The van der Waals surface area contributed by atoms with Crippen LogP contribution < -0.4 is 10.5 Å². The molecular formula is C12H19NO2. The fourth-order valence-corrected chi connectivity index (χ4v) is 1.36. The van der Waals surface area contributed by atoms with Crippen molar-refractivity contribution < 1.29 is 9.84 Å². The van der Waals surface area contributed by atoms with Gasteiger partial charge in [0.1, 0.15) is 5.75 Å². The van der Waals surface area contributed by atoms with Gasteiger partial charge in [-0.1, -0.05) is 12.1 Å². The van der Waals surface area contributed by atoms with Crippen molar-refractivity contribution in [1.82, 2.24) is 0 Å². The predicted molar refractivity (Wildman–Crippen MR) is 61.0 cm³/mol. The first-order valence-electron chi connectivity index (χ1n) is 5.25. The summed E-state index contributed by atoms with van der Waals surface area (Å²) in [6.45, 7) is 4.67. The van der Waals surface area contributed by atoms with Crippen molar-refractivity contribution in [2.45, 2.75) is 26.3 Å². The van der Waals surface area contributed by atoms with E-state index in [0.717, 1.165) is 16.9 Å². The van der Waals surface area contributed by atoms with Gasteiger partial charge in [-0.2, -0.15) is 0 Å². The molecule has 0 fully saturated rings. The molecule has 0 radical (unpaired) electrons. The first-order chi connectivity index (χ1) is 7.15. The Labute approximate surface area is 90.9 Å². The summed E-state index contributed by atoms with van der Waals surface area (Å²) in [5, 5.41) is 8.63. The molecule has 1 atom stereocenters. The van der Waals surface area contributed by atoms with Crippen LogP contribution in [0, 0.1) is 6.92 Å². The maximum absolute atomic E-state index is 8.63. The van der Waals surface area contributed by atoms with E-state index in [4.69, 9.17) is 15.6 Å². The lowest BCUT2D eigenvalue weighted by Gasteiger charge is -2.11. The summed E-state index contributed by atoms with van der Waals surface area (Å²) in [5.74, 6) is 0.868. The zero-order valence-electron chi connectivity index (χ0n) is 9.36. The van der Waals surface area contributed by atoms with Crippen molar-refractivity contribution in [2.75, 3.05) is 13.2 Å². The Bertz CT molecular complexity index is 310. The molecular weight excluding hydrogens is 190 g/mol. The largest absolute Gasteiger partial charge is 0.493 e. The molecule has 0 aliphatic heterocycles. The number of benzene rings is 1. The normalized spacial score (nSPS) is 12.5. The number of aryl methyl sites for hydroxylation is 1. The minimum Gasteiger partial charge on any atom is -0.493 e. The van der Waals surface area contributed by atoms with Gasteiger partial charge in [-0.3, -0.25) is 0 Å². The van der Waals surface area contributed by atoms with Gasteiger partial charge < -0.3 is 15.6 Å². The summed E-state index contributed by atoms with van der Waals surface area (Å²) in [4.78, 5) is 0. The van der Waals surface area contributed by atoms with Crippen LogP contribution in [0.1, 0.15) is 30.5 Å². The minimum absolute atomic E-state index is 0.0511. The number of hydrogen-bond acceptors (Lipinski definition) is 3. The van der Waals surface area contributed by atoms with Crippen LogP contribution in [0.25, 0.3) is 0 Å². The van der Waals surface area contributed by atoms with E-state index in [9.17, 15) is 0 Å². The van der Waals surface area contributed by atoms with Crippen LogP contribution in [0.15, 0.2) is 18.2 Å². The zero-order chi connectivity index (χ0) is 11.3. The summed E-state index contributed by atoms with van der Waals surface area (Å²) in [6, 6.07) is 6.01. The van der Waals surface area contributed by atoms with E-state index in [2.05, 4.69) is 0 Å². The van der Waals surface area contributed by atoms with Crippen LogP contribution in [0.3, 0.4) is 0 Å². The zero-order valence-corrected chi connectivity index (χ0v) is 9.36. The van der Waals surface area contributed by atoms with Crippen molar-refractivity contribution in [3.63, 3.8) is 0 Å². The molecule has 0 saturated heterocycles. The fourth-order valence-electron chi connectivity index (χ4n) is 1.36. The molecule has 0 heterocycles. The molecule has 3 N–H and O–H groups in total. The molecule has 0 aromatic heterocycles. The van der Waals surface area contributed by atoms with Crippen molar-refractivity contribution in [3.05, 3.63) is 29.3 Å². The van der Waals surface area contributed by atoms with Gasteiger partial charge in [-0.05, 0) is 31.0 Å². The SMILES string of the molecule is Cc1cc([C@@H](C)N)ccc1OCCCO. The maximum atomic E-state index is 8.63. The Kier molecular flexibility index (Phi) is 4.59. The molecule has 1 aromatic rings. The minimum atomic E-state index is 0.0511. The molecule has 1 rings (SSSR count). The van der Waals surface area contributed by atoms with Gasteiger partial charge in [0.05, 0.1) is 6.61 Å². The highest BCUT2D eigenvalue weighted by atomic mass is 16.5. The number of aliphatic hydroxyl groups excluding tert-OH is 1. The standard InChI is InChI=1S/C12H19NO2/c1-9-8-11(10(2)13)4-5-12(9)15-7-3-6-14/h4-5,8,10,14H,3,6-7,13H2,1-2H3/t10-/m1/s1. The van der Waals surface area contributed by atoms with E-state index in [1.807, 2.05) is 32.0 Å². The molecule has 0 amide bonds. The van der Waals surface area contributed by atoms with Crippen molar-refractivity contribution in [3.8, 4) is 5.75 Å². The average Bonchev–Trinajstić information content (AvgIpc) is 2.20. The van der Waals surface area contributed by atoms with Crippen LogP contribution in [-0.4, -0.2) is 18.3 Å². The van der Waals surface area contributed by atoms with E-state index in [0.29, 0.717) is 13.0 Å². The quantitative estimate of drug-likeness (QED) is 0.727. The topological polar surface area (TPSA) is 55.5 Å². The second-order valence-electron chi connectivity index (χ2n) is 3.74. The van der Waals surface area contributed by atoms with Gasteiger partial charge >= 0.3 is 0 Å². The number of nitrogens with two attached hydrogens (primary N) is 1. The van der Waals surface area contributed by atoms with E-state index in [1.54, 1.807) is 0 Å². The van der Waals surface area contributed by atoms with Gasteiger partial charge in [0, 0.05) is 19.1 Å². The van der Waals surface area contributed by atoms with Crippen LogP contribution in [0.4, 0.5) is 0 Å². The Morgan fingerprint density at radius 3 is 2.73 bits per heavy atom. The molecule has 3 nitrogen and oxygen atoms in total. The molecule has 1 aromatic carbocycles. The van der Waals surface area contributed by atoms with Crippen LogP contribution >= 0.6 is 0 Å². The van der Waals surface area contributed by atoms with E-state index in [-0.39, 0.29) is 12.6 Å². The molecule has 0 spiro atoms. The summed E-state index contributed by atoms with van der Waals surface area (Å²) < 4.78 is 5.51. The highest BCUT2D eigenvalue weighted by Gasteiger charge is 2.03.